The molecule has 0 bridgehead atoms. The molecule has 1 aromatic heterocycles. The number of aromatic nitrogens is 2. The van der Waals surface area contributed by atoms with E-state index in [0.717, 1.165) is 32.2 Å². The van der Waals surface area contributed by atoms with Crippen molar-refractivity contribution in [2.45, 2.75) is 44.2 Å². The molecule has 110 valence electrons. The number of nitrogens with zero attached hydrogens (tertiary/aromatic N) is 2. The molecule has 20 heavy (non-hydrogen) atoms. The van der Waals surface area contributed by atoms with Gasteiger partial charge in [0.15, 0.2) is 0 Å². The van der Waals surface area contributed by atoms with Gasteiger partial charge in [-0.1, -0.05) is 0 Å². The van der Waals surface area contributed by atoms with Crippen LogP contribution in [0.2, 0.25) is 0 Å². The van der Waals surface area contributed by atoms with E-state index in [-0.39, 0.29) is 12.5 Å². The van der Waals surface area contributed by atoms with Crippen LogP contribution in [0.1, 0.15) is 32.1 Å². The summed E-state index contributed by atoms with van der Waals surface area (Å²) in [6.45, 7) is 1.28. The second-order valence-electron chi connectivity index (χ2n) is 5.21. The molecule has 1 fully saturated rings. The van der Waals surface area contributed by atoms with Gasteiger partial charge in [-0.2, -0.15) is 5.10 Å². The first kappa shape index (κ1) is 14.4. The summed E-state index contributed by atoms with van der Waals surface area (Å²) in [7, 11) is 0. The van der Waals surface area contributed by atoms with Gasteiger partial charge in [0.2, 0.25) is 0 Å². The highest BCUT2D eigenvalue weighted by molar-refractivity contribution is 5.77. The zero-order valence-electron chi connectivity index (χ0n) is 11.3. The van der Waals surface area contributed by atoms with Gasteiger partial charge in [-0.3, -0.25) is 9.48 Å². The van der Waals surface area contributed by atoms with E-state index in [9.17, 15) is 9.59 Å². The van der Waals surface area contributed by atoms with Gasteiger partial charge in [-0.05, 0) is 31.7 Å². The summed E-state index contributed by atoms with van der Waals surface area (Å²) >= 11 is 0. The quantitative estimate of drug-likeness (QED) is 0.648. The van der Waals surface area contributed by atoms with E-state index in [2.05, 4.69) is 15.7 Å². The maximum Gasteiger partial charge on any atom is 0.315 e. The highest BCUT2D eigenvalue weighted by Gasteiger charge is 2.40. The summed E-state index contributed by atoms with van der Waals surface area (Å²) in [5, 5.41) is 18.5. The van der Waals surface area contributed by atoms with Crippen molar-refractivity contribution in [2.24, 2.45) is 0 Å². The number of urea groups is 1. The summed E-state index contributed by atoms with van der Waals surface area (Å²) < 4.78 is 1.80. The Morgan fingerprint density at radius 1 is 1.40 bits per heavy atom. The molecular formula is C13H20N4O3. The molecule has 0 radical (unpaired) electrons. The fourth-order valence-electron chi connectivity index (χ4n) is 2.40. The minimum atomic E-state index is -0.872. The van der Waals surface area contributed by atoms with E-state index in [1.807, 2.05) is 12.3 Å². The van der Waals surface area contributed by atoms with Crippen molar-refractivity contribution < 1.29 is 14.7 Å². The van der Waals surface area contributed by atoms with E-state index < -0.39 is 11.5 Å². The van der Waals surface area contributed by atoms with Crippen LogP contribution < -0.4 is 10.6 Å². The second kappa shape index (κ2) is 6.40. The van der Waals surface area contributed by atoms with Gasteiger partial charge in [0.1, 0.15) is 0 Å². The lowest BCUT2D eigenvalue weighted by molar-refractivity contribution is -0.139. The topological polar surface area (TPSA) is 96.3 Å². The SMILES string of the molecule is O=C(O)CC1(NC(=O)NCCCn2cccn2)CCC1. The van der Waals surface area contributed by atoms with Gasteiger partial charge in [0, 0.05) is 25.5 Å². The molecule has 0 unspecified atom stereocenters. The molecule has 0 saturated heterocycles. The Kier molecular flexibility index (Phi) is 4.60. The lowest BCUT2D eigenvalue weighted by atomic mass is 9.74. The average molecular weight is 280 g/mol. The van der Waals surface area contributed by atoms with Crippen molar-refractivity contribution in [3.63, 3.8) is 0 Å². The second-order valence-corrected chi connectivity index (χ2v) is 5.21. The van der Waals surface area contributed by atoms with E-state index in [4.69, 9.17) is 5.11 Å². The number of carbonyl (C=O) groups excluding carboxylic acids is 1. The third kappa shape index (κ3) is 3.97. The summed E-state index contributed by atoms with van der Waals surface area (Å²) in [5.74, 6) is -0.872. The normalized spacial score (nSPS) is 16.2. The molecule has 1 heterocycles. The molecular weight excluding hydrogens is 260 g/mol. The van der Waals surface area contributed by atoms with Gasteiger partial charge < -0.3 is 15.7 Å². The van der Waals surface area contributed by atoms with Crippen LogP contribution in [0.3, 0.4) is 0 Å². The van der Waals surface area contributed by atoms with E-state index in [1.165, 1.54) is 0 Å². The molecule has 0 aliphatic heterocycles. The minimum absolute atomic E-state index is 0.00624. The number of hydrogen-bond donors (Lipinski definition) is 3. The Balaban J connectivity index is 1.65. The predicted octanol–water partition coefficient (Wildman–Crippen LogP) is 0.970. The Bertz CT molecular complexity index is 454. The van der Waals surface area contributed by atoms with Crippen molar-refractivity contribution in [1.29, 1.82) is 0 Å². The smallest absolute Gasteiger partial charge is 0.315 e. The Labute approximate surface area is 117 Å². The first-order valence-electron chi connectivity index (χ1n) is 6.85. The summed E-state index contributed by atoms with van der Waals surface area (Å²) in [6.07, 6.45) is 6.80. The first-order chi connectivity index (χ1) is 9.60. The monoisotopic (exact) mass is 280 g/mol. The third-order valence-electron chi connectivity index (χ3n) is 3.59. The standard InChI is InChI=1S/C13H20N4O3/c18-11(19)10-13(4-1-5-13)16-12(20)14-6-2-8-17-9-3-7-15-17/h3,7,9H,1-2,4-6,8,10H2,(H,18,19)(H2,14,16,20). The van der Waals surface area contributed by atoms with Crippen LogP contribution in [-0.2, 0) is 11.3 Å². The number of hydrogen-bond acceptors (Lipinski definition) is 3. The van der Waals surface area contributed by atoms with E-state index >= 15 is 0 Å². The van der Waals surface area contributed by atoms with Crippen molar-refractivity contribution in [3.05, 3.63) is 18.5 Å². The first-order valence-corrected chi connectivity index (χ1v) is 6.85. The maximum atomic E-state index is 11.8. The zero-order chi connectivity index (χ0) is 14.4. The van der Waals surface area contributed by atoms with E-state index in [0.29, 0.717) is 6.54 Å². The molecule has 1 aliphatic rings. The summed E-state index contributed by atoms with van der Waals surface area (Å²) in [5.41, 5.74) is -0.544. The van der Waals surface area contributed by atoms with Crippen LogP contribution in [0, 0.1) is 0 Å². The number of carbonyl (C=O) groups is 2. The average Bonchev–Trinajstić information content (AvgIpc) is 2.84. The number of rotatable bonds is 7. The van der Waals surface area contributed by atoms with Crippen LogP contribution in [0.25, 0.3) is 0 Å². The Morgan fingerprint density at radius 3 is 2.75 bits per heavy atom. The summed E-state index contributed by atoms with van der Waals surface area (Å²) in [4.78, 5) is 22.6. The van der Waals surface area contributed by atoms with Gasteiger partial charge in [0.25, 0.3) is 0 Å². The lowest BCUT2D eigenvalue weighted by Gasteiger charge is -2.41. The van der Waals surface area contributed by atoms with Crippen LogP contribution in [0.5, 0.6) is 0 Å². The zero-order valence-corrected chi connectivity index (χ0v) is 11.3. The number of carboxylic acid groups (broad SMARTS) is 1. The van der Waals surface area contributed by atoms with E-state index in [1.54, 1.807) is 10.9 Å². The Morgan fingerprint density at radius 2 is 2.20 bits per heavy atom. The fourth-order valence-corrected chi connectivity index (χ4v) is 2.40. The lowest BCUT2D eigenvalue weighted by Crippen LogP contribution is -2.57. The Hall–Kier alpha value is -2.05. The van der Waals surface area contributed by atoms with Crippen LogP contribution in [0.15, 0.2) is 18.5 Å². The molecule has 0 spiro atoms. The predicted molar refractivity (Wildman–Crippen MR) is 72.2 cm³/mol. The van der Waals surface area contributed by atoms with Crippen LogP contribution in [-0.4, -0.2) is 39.0 Å². The minimum Gasteiger partial charge on any atom is -0.481 e. The number of aryl methyl sites for hydroxylation is 1. The third-order valence-corrected chi connectivity index (χ3v) is 3.59. The van der Waals surface area contributed by atoms with Gasteiger partial charge in [0.05, 0.1) is 12.0 Å². The molecule has 1 aromatic rings. The van der Waals surface area contributed by atoms with Crippen molar-refractivity contribution in [2.75, 3.05) is 6.54 Å². The number of aliphatic carboxylic acids is 1. The number of nitrogens with one attached hydrogen (secondary N) is 2. The fraction of sp³-hybridized carbons (Fsp3) is 0.615. The molecule has 1 aliphatic carbocycles. The van der Waals surface area contributed by atoms with Crippen LogP contribution in [0.4, 0.5) is 4.79 Å². The molecule has 3 N–H and O–H groups in total. The molecule has 0 atom stereocenters. The highest BCUT2D eigenvalue weighted by Crippen LogP contribution is 2.34. The van der Waals surface area contributed by atoms with Gasteiger partial charge in [-0.25, -0.2) is 4.79 Å². The summed E-state index contributed by atoms with van der Waals surface area (Å²) in [6, 6.07) is 1.57. The molecule has 2 rings (SSSR count). The van der Waals surface area contributed by atoms with Gasteiger partial charge in [-0.15, -0.1) is 0 Å². The number of carboxylic acids is 1. The van der Waals surface area contributed by atoms with Crippen molar-refractivity contribution in [1.82, 2.24) is 20.4 Å². The molecule has 2 amide bonds. The molecule has 0 aromatic carbocycles. The molecule has 7 heteroatoms. The maximum absolute atomic E-state index is 11.8. The largest absolute Gasteiger partial charge is 0.481 e. The number of amides is 2. The molecule has 7 nitrogen and oxygen atoms in total. The van der Waals surface area contributed by atoms with Crippen molar-refractivity contribution in [3.8, 4) is 0 Å². The van der Waals surface area contributed by atoms with Gasteiger partial charge >= 0.3 is 12.0 Å². The van der Waals surface area contributed by atoms with Crippen molar-refractivity contribution >= 4 is 12.0 Å². The van der Waals surface area contributed by atoms with Crippen LogP contribution >= 0.6 is 0 Å². The highest BCUT2D eigenvalue weighted by atomic mass is 16.4. The molecule has 1 saturated carbocycles.